The molecule has 108 valence electrons. The summed E-state index contributed by atoms with van der Waals surface area (Å²) in [5.41, 5.74) is 0. The second kappa shape index (κ2) is 6.54. The van der Waals surface area contributed by atoms with Gasteiger partial charge in [-0.2, -0.15) is 0 Å². The molecule has 0 saturated carbocycles. The highest BCUT2D eigenvalue weighted by molar-refractivity contribution is 5.90. The summed E-state index contributed by atoms with van der Waals surface area (Å²) in [6.07, 6.45) is 0.224. The Balaban J connectivity index is 2.68. The molecular weight excluding hydrogens is 248 g/mol. The van der Waals surface area contributed by atoms with Crippen molar-refractivity contribution in [1.82, 2.24) is 9.80 Å². The third-order valence-corrected chi connectivity index (χ3v) is 3.20. The van der Waals surface area contributed by atoms with Crippen LogP contribution < -0.4 is 0 Å². The summed E-state index contributed by atoms with van der Waals surface area (Å²) in [6, 6.07) is -0.0992. The highest BCUT2D eigenvalue weighted by Crippen LogP contribution is 2.19. The van der Waals surface area contributed by atoms with E-state index in [1.165, 1.54) is 4.90 Å². The average molecular weight is 270 g/mol. The van der Waals surface area contributed by atoms with Gasteiger partial charge >= 0.3 is 5.97 Å². The fourth-order valence-corrected chi connectivity index (χ4v) is 2.12. The Morgan fingerprint density at radius 3 is 2.53 bits per heavy atom. The minimum Gasteiger partial charge on any atom is -0.465 e. The van der Waals surface area contributed by atoms with Crippen molar-refractivity contribution in [2.45, 2.75) is 33.2 Å². The molecule has 1 atom stereocenters. The zero-order valence-electron chi connectivity index (χ0n) is 12.0. The number of hydrogen-bond donors (Lipinski definition) is 0. The molecular formula is C13H22N2O4. The number of rotatable bonds is 5. The topological polar surface area (TPSA) is 66.9 Å². The van der Waals surface area contributed by atoms with Gasteiger partial charge in [0.05, 0.1) is 12.5 Å². The molecule has 1 rings (SSSR count). The molecule has 1 aliphatic rings. The molecule has 19 heavy (non-hydrogen) atoms. The first kappa shape index (κ1) is 15.5. The maximum absolute atomic E-state index is 12.4. The number of carbonyl (C=O) groups is 3. The van der Waals surface area contributed by atoms with Crippen LogP contribution in [0.4, 0.5) is 0 Å². The van der Waals surface area contributed by atoms with E-state index in [4.69, 9.17) is 4.74 Å². The van der Waals surface area contributed by atoms with Crippen LogP contribution in [-0.2, 0) is 19.1 Å². The third-order valence-electron chi connectivity index (χ3n) is 3.20. The van der Waals surface area contributed by atoms with Crippen molar-refractivity contribution < 1.29 is 19.1 Å². The van der Waals surface area contributed by atoms with Crippen molar-refractivity contribution in [1.29, 1.82) is 0 Å². The van der Waals surface area contributed by atoms with Gasteiger partial charge in [-0.05, 0) is 20.8 Å². The van der Waals surface area contributed by atoms with E-state index in [1.807, 2.05) is 13.8 Å². The highest BCUT2D eigenvalue weighted by atomic mass is 16.5. The van der Waals surface area contributed by atoms with E-state index in [1.54, 1.807) is 18.9 Å². The Hall–Kier alpha value is -1.59. The third kappa shape index (κ3) is 3.94. The molecule has 1 saturated heterocycles. The van der Waals surface area contributed by atoms with E-state index in [2.05, 4.69) is 0 Å². The van der Waals surface area contributed by atoms with Gasteiger partial charge in [-0.25, -0.2) is 0 Å². The largest absolute Gasteiger partial charge is 0.465 e. The number of esters is 1. The van der Waals surface area contributed by atoms with Gasteiger partial charge in [-0.1, -0.05) is 0 Å². The lowest BCUT2D eigenvalue weighted by atomic mass is 10.1. The van der Waals surface area contributed by atoms with Crippen LogP contribution in [0.2, 0.25) is 0 Å². The molecule has 0 aromatic rings. The lowest BCUT2D eigenvalue weighted by Crippen LogP contribution is -2.44. The lowest BCUT2D eigenvalue weighted by Gasteiger charge is -2.28. The van der Waals surface area contributed by atoms with Crippen LogP contribution in [0.5, 0.6) is 0 Å². The summed E-state index contributed by atoms with van der Waals surface area (Å²) in [5.74, 6) is -0.949. The maximum Gasteiger partial charge on any atom is 0.325 e. The Morgan fingerprint density at radius 1 is 1.47 bits per heavy atom. The molecule has 0 aliphatic carbocycles. The van der Waals surface area contributed by atoms with Crippen LogP contribution in [-0.4, -0.2) is 60.4 Å². The number of hydrogen-bond acceptors (Lipinski definition) is 4. The summed E-state index contributed by atoms with van der Waals surface area (Å²) >= 11 is 0. The molecule has 0 N–H and O–H groups in total. The smallest absolute Gasteiger partial charge is 0.325 e. The molecule has 0 aromatic heterocycles. The van der Waals surface area contributed by atoms with Crippen molar-refractivity contribution in [2.24, 2.45) is 5.92 Å². The van der Waals surface area contributed by atoms with E-state index in [9.17, 15) is 14.4 Å². The molecule has 1 fully saturated rings. The highest BCUT2D eigenvalue weighted by Gasteiger charge is 2.36. The molecule has 6 heteroatoms. The molecule has 0 radical (unpaired) electrons. The fraction of sp³-hybridized carbons (Fsp3) is 0.769. The Labute approximate surface area is 113 Å². The number of likely N-dealkylation sites (tertiary alicyclic amines) is 1. The standard InChI is InChI=1S/C13H22N2O4/c1-5-19-12(17)8-15(9(2)3)13(18)10-6-11(16)14(4)7-10/h9-10H,5-8H2,1-4H3. The Bertz CT molecular complexity index is 368. The van der Waals surface area contributed by atoms with Crippen molar-refractivity contribution in [3.8, 4) is 0 Å². The Kier molecular flexibility index (Phi) is 5.32. The molecule has 2 amide bonds. The first-order chi connectivity index (χ1) is 8.86. The fourth-order valence-electron chi connectivity index (χ4n) is 2.12. The zero-order chi connectivity index (χ0) is 14.6. The minimum atomic E-state index is -0.415. The molecule has 6 nitrogen and oxygen atoms in total. The van der Waals surface area contributed by atoms with E-state index < -0.39 is 5.97 Å². The van der Waals surface area contributed by atoms with E-state index in [0.29, 0.717) is 13.2 Å². The second-order valence-corrected chi connectivity index (χ2v) is 5.04. The van der Waals surface area contributed by atoms with E-state index >= 15 is 0 Å². The molecule has 0 spiro atoms. The first-order valence-corrected chi connectivity index (χ1v) is 6.56. The second-order valence-electron chi connectivity index (χ2n) is 5.04. The average Bonchev–Trinajstić information content (AvgIpc) is 2.66. The van der Waals surface area contributed by atoms with Gasteiger partial charge in [0.15, 0.2) is 0 Å². The molecule has 0 bridgehead atoms. The predicted octanol–water partition coefficient (Wildman–Crippen LogP) is 0.265. The van der Waals surface area contributed by atoms with E-state index in [0.717, 1.165) is 0 Å². The van der Waals surface area contributed by atoms with Gasteiger partial charge in [-0.3, -0.25) is 14.4 Å². The van der Waals surface area contributed by atoms with Crippen molar-refractivity contribution >= 4 is 17.8 Å². The zero-order valence-corrected chi connectivity index (χ0v) is 12.0. The monoisotopic (exact) mass is 270 g/mol. The van der Waals surface area contributed by atoms with Crippen LogP contribution >= 0.6 is 0 Å². The molecule has 1 aliphatic heterocycles. The summed E-state index contributed by atoms with van der Waals surface area (Å²) in [7, 11) is 1.68. The van der Waals surface area contributed by atoms with Crippen molar-refractivity contribution in [3.63, 3.8) is 0 Å². The quantitative estimate of drug-likeness (QED) is 0.672. The summed E-state index contributed by atoms with van der Waals surface area (Å²) < 4.78 is 4.87. The normalized spacial score (nSPS) is 18.9. The summed E-state index contributed by atoms with van der Waals surface area (Å²) in [5, 5.41) is 0. The van der Waals surface area contributed by atoms with Gasteiger partial charge in [0.25, 0.3) is 0 Å². The first-order valence-electron chi connectivity index (χ1n) is 6.56. The lowest BCUT2D eigenvalue weighted by molar-refractivity contribution is -0.151. The van der Waals surface area contributed by atoms with Crippen molar-refractivity contribution in [2.75, 3.05) is 26.7 Å². The summed E-state index contributed by atoms with van der Waals surface area (Å²) in [6.45, 7) is 6.07. The number of nitrogens with zero attached hydrogens (tertiary/aromatic N) is 2. The van der Waals surface area contributed by atoms with Gasteiger partial charge in [0.2, 0.25) is 11.8 Å². The number of ether oxygens (including phenoxy) is 1. The SMILES string of the molecule is CCOC(=O)CN(C(=O)C1CC(=O)N(C)C1)C(C)C. The van der Waals surface area contributed by atoms with Crippen LogP contribution in [0.25, 0.3) is 0 Å². The molecule has 1 unspecified atom stereocenters. The van der Waals surface area contributed by atoms with Crippen molar-refractivity contribution in [3.05, 3.63) is 0 Å². The van der Waals surface area contributed by atoms with E-state index in [-0.39, 0.29) is 36.7 Å². The van der Waals surface area contributed by atoms with Gasteiger partial charge in [-0.15, -0.1) is 0 Å². The Morgan fingerprint density at radius 2 is 2.11 bits per heavy atom. The van der Waals surface area contributed by atoms with Crippen LogP contribution in [0, 0.1) is 5.92 Å². The summed E-state index contributed by atoms with van der Waals surface area (Å²) in [4.78, 5) is 38.4. The number of amides is 2. The van der Waals surface area contributed by atoms with Gasteiger partial charge in [0.1, 0.15) is 6.54 Å². The molecule has 1 heterocycles. The minimum absolute atomic E-state index is 0.0295. The predicted molar refractivity (Wildman–Crippen MR) is 69.2 cm³/mol. The van der Waals surface area contributed by atoms with Gasteiger partial charge in [0, 0.05) is 26.1 Å². The molecule has 0 aromatic carbocycles. The van der Waals surface area contributed by atoms with Crippen LogP contribution in [0.15, 0.2) is 0 Å². The maximum atomic E-state index is 12.4. The van der Waals surface area contributed by atoms with Crippen LogP contribution in [0.3, 0.4) is 0 Å². The number of carbonyl (C=O) groups excluding carboxylic acids is 3. The van der Waals surface area contributed by atoms with Crippen LogP contribution in [0.1, 0.15) is 27.2 Å². The van der Waals surface area contributed by atoms with Gasteiger partial charge < -0.3 is 14.5 Å².